The largest absolute Gasteiger partial charge is 0.0885 e. The molecule has 0 amide bonds. The Kier molecular flexibility index (Phi) is 22.5. The molecule has 2 radical (unpaired) electrons. The summed E-state index contributed by atoms with van der Waals surface area (Å²) in [6.07, 6.45) is 32.2. The molecule has 0 heterocycles. The Morgan fingerprint density at radius 2 is 0.583 bits per heavy atom. The quantitative estimate of drug-likeness (QED) is 0.154. The summed E-state index contributed by atoms with van der Waals surface area (Å²) in [6, 6.07) is 0. The van der Waals surface area contributed by atoms with E-state index in [9.17, 15) is 0 Å². The summed E-state index contributed by atoms with van der Waals surface area (Å²) in [4.78, 5) is 0. The first-order valence-electron chi connectivity index (χ1n) is 11.1. The van der Waals surface area contributed by atoms with Gasteiger partial charge in [-0.25, -0.2) is 0 Å². The van der Waals surface area contributed by atoms with Gasteiger partial charge in [-0.2, -0.15) is 0 Å². The van der Waals surface area contributed by atoms with Gasteiger partial charge in [0.1, 0.15) is 0 Å². The van der Waals surface area contributed by atoms with Crippen LogP contribution in [-0.2, 0) is 0 Å². The minimum absolute atomic E-state index is 1.10. The summed E-state index contributed by atoms with van der Waals surface area (Å²) in [7, 11) is 0. The zero-order valence-electron chi connectivity index (χ0n) is 16.7. The smallest absolute Gasteiger partial charge is 0.0351 e. The number of hydrogen-bond donors (Lipinski definition) is 0. The van der Waals surface area contributed by atoms with E-state index in [0.29, 0.717) is 0 Å². The molecule has 0 aliphatic carbocycles. The minimum atomic E-state index is 1.10. The summed E-state index contributed by atoms with van der Waals surface area (Å²) in [5.41, 5.74) is 0. The van der Waals surface area contributed by atoms with Crippen LogP contribution in [0.2, 0.25) is 0 Å². The molecule has 0 aliphatic rings. The van der Waals surface area contributed by atoms with Crippen molar-refractivity contribution in [1.29, 1.82) is 0 Å². The molecule has 142 valence electrons. The molecule has 0 saturated heterocycles. The van der Waals surface area contributed by atoms with E-state index in [1.807, 2.05) is 0 Å². The van der Waals surface area contributed by atoms with Gasteiger partial charge in [-0.1, -0.05) is 129 Å². The van der Waals surface area contributed by atoms with Gasteiger partial charge in [0.05, 0.1) is 0 Å². The van der Waals surface area contributed by atoms with Crippen LogP contribution in [-0.4, -0.2) is 0 Å². The molecule has 0 rings (SSSR count). The molecule has 0 spiro atoms. The highest BCUT2D eigenvalue weighted by Crippen LogP contribution is 2.13. The minimum Gasteiger partial charge on any atom is -0.0885 e. The maximum absolute atomic E-state index is 3.90. The second-order valence-corrected chi connectivity index (χ2v) is 7.41. The van der Waals surface area contributed by atoms with E-state index in [1.165, 1.54) is 116 Å². The van der Waals surface area contributed by atoms with E-state index in [4.69, 9.17) is 0 Å². The number of allylic oxidation sites excluding steroid dienone is 2. The fourth-order valence-corrected chi connectivity index (χ4v) is 3.23. The van der Waals surface area contributed by atoms with Gasteiger partial charge in [0.15, 0.2) is 0 Å². The standard InChI is InChI=1S/C24H46/c1-3-5-7-9-11-13-15-17-19-21-23-24-22-20-18-16-14-12-10-8-6-4-2/h13,15H,1-12,14,16-24H2/b15-13+. The van der Waals surface area contributed by atoms with E-state index in [0.717, 1.165) is 12.8 Å². The van der Waals surface area contributed by atoms with Crippen LogP contribution in [0.5, 0.6) is 0 Å². The molecule has 0 heteroatoms. The Bertz CT molecular complexity index is 228. The van der Waals surface area contributed by atoms with Crippen LogP contribution < -0.4 is 0 Å². The molecule has 0 unspecified atom stereocenters. The maximum Gasteiger partial charge on any atom is -0.0351 e. The van der Waals surface area contributed by atoms with Gasteiger partial charge in [0.2, 0.25) is 0 Å². The second-order valence-electron chi connectivity index (χ2n) is 7.41. The third kappa shape index (κ3) is 21.7. The van der Waals surface area contributed by atoms with E-state index < -0.39 is 0 Å². The summed E-state index contributed by atoms with van der Waals surface area (Å²) >= 11 is 0. The van der Waals surface area contributed by atoms with Crippen LogP contribution in [0.1, 0.15) is 128 Å². The van der Waals surface area contributed by atoms with Gasteiger partial charge in [0.25, 0.3) is 0 Å². The fraction of sp³-hybridized carbons (Fsp3) is 0.833. The number of hydrogen-bond acceptors (Lipinski definition) is 0. The topological polar surface area (TPSA) is 0 Å². The first kappa shape index (κ1) is 23.7. The van der Waals surface area contributed by atoms with Crippen LogP contribution in [0.15, 0.2) is 12.2 Å². The Balaban J connectivity index is 3.01. The maximum atomic E-state index is 3.90. The van der Waals surface area contributed by atoms with Crippen molar-refractivity contribution < 1.29 is 0 Å². The molecule has 0 N–H and O–H groups in total. The molecule has 0 fully saturated rings. The van der Waals surface area contributed by atoms with E-state index in [2.05, 4.69) is 26.0 Å². The average molecular weight is 335 g/mol. The van der Waals surface area contributed by atoms with Crippen LogP contribution in [0.4, 0.5) is 0 Å². The lowest BCUT2D eigenvalue weighted by atomic mass is 10.0. The fourth-order valence-electron chi connectivity index (χ4n) is 3.23. The van der Waals surface area contributed by atoms with Gasteiger partial charge >= 0.3 is 0 Å². The number of unbranched alkanes of at least 4 members (excludes halogenated alkanes) is 18. The average Bonchev–Trinajstić information content (AvgIpc) is 2.60. The number of rotatable bonds is 20. The van der Waals surface area contributed by atoms with Gasteiger partial charge in [-0.15, -0.1) is 0 Å². The lowest BCUT2D eigenvalue weighted by Gasteiger charge is -2.02. The monoisotopic (exact) mass is 334 g/mol. The highest BCUT2D eigenvalue weighted by molar-refractivity contribution is 4.81. The molecule has 0 saturated carbocycles. The van der Waals surface area contributed by atoms with Crippen molar-refractivity contribution in [2.75, 3.05) is 0 Å². The van der Waals surface area contributed by atoms with Crippen molar-refractivity contribution in [3.63, 3.8) is 0 Å². The van der Waals surface area contributed by atoms with Crippen LogP contribution in [0.3, 0.4) is 0 Å². The lowest BCUT2D eigenvalue weighted by molar-refractivity contribution is 0.537. The van der Waals surface area contributed by atoms with Crippen molar-refractivity contribution in [3.8, 4) is 0 Å². The molecule has 0 nitrogen and oxygen atoms in total. The third-order valence-corrected chi connectivity index (χ3v) is 4.91. The van der Waals surface area contributed by atoms with Crippen molar-refractivity contribution in [1.82, 2.24) is 0 Å². The first-order valence-corrected chi connectivity index (χ1v) is 11.1. The van der Waals surface area contributed by atoms with Crippen molar-refractivity contribution in [2.45, 2.75) is 128 Å². The van der Waals surface area contributed by atoms with E-state index in [1.54, 1.807) is 0 Å². The lowest BCUT2D eigenvalue weighted by Crippen LogP contribution is -1.83. The molecule has 24 heavy (non-hydrogen) atoms. The van der Waals surface area contributed by atoms with Crippen LogP contribution >= 0.6 is 0 Å². The Morgan fingerprint density at radius 1 is 0.333 bits per heavy atom. The summed E-state index contributed by atoms with van der Waals surface area (Å²) in [5.74, 6) is 0. The van der Waals surface area contributed by atoms with Crippen LogP contribution in [0.25, 0.3) is 0 Å². The predicted molar refractivity (Wildman–Crippen MR) is 112 cm³/mol. The summed E-state index contributed by atoms with van der Waals surface area (Å²) in [5, 5.41) is 0. The van der Waals surface area contributed by atoms with Gasteiger partial charge in [0, 0.05) is 0 Å². The summed E-state index contributed by atoms with van der Waals surface area (Å²) in [6.45, 7) is 7.79. The van der Waals surface area contributed by atoms with Crippen molar-refractivity contribution in [3.05, 3.63) is 26.0 Å². The molecule has 0 aliphatic heterocycles. The van der Waals surface area contributed by atoms with Gasteiger partial charge < -0.3 is 0 Å². The predicted octanol–water partition coefficient (Wildman–Crippen LogP) is 9.01. The zero-order valence-corrected chi connectivity index (χ0v) is 16.7. The molecule has 0 aromatic heterocycles. The van der Waals surface area contributed by atoms with Crippen LogP contribution in [0, 0.1) is 13.8 Å². The van der Waals surface area contributed by atoms with Crippen molar-refractivity contribution >= 4 is 0 Å². The molecule has 0 bridgehead atoms. The molecule has 0 aromatic rings. The van der Waals surface area contributed by atoms with Crippen molar-refractivity contribution in [2.24, 2.45) is 0 Å². The Morgan fingerprint density at radius 3 is 0.917 bits per heavy atom. The van der Waals surface area contributed by atoms with E-state index in [-0.39, 0.29) is 0 Å². The first-order chi connectivity index (χ1) is 11.9. The molecule has 0 atom stereocenters. The SMILES string of the molecule is [CH2]CCCCC/C=C/CCCCCCCCCCCCCCC[CH2]. The van der Waals surface area contributed by atoms with Gasteiger partial charge in [-0.3, -0.25) is 0 Å². The zero-order chi connectivity index (χ0) is 17.6. The second kappa shape index (κ2) is 22.7. The highest BCUT2D eigenvalue weighted by Gasteiger charge is 1.93. The third-order valence-electron chi connectivity index (χ3n) is 4.91. The summed E-state index contributed by atoms with van der Waals surface area (Å²) < 4.78 is 0. The molecular weight excluding hydrogens is 288 g/mol. The molecule has 0 aromatic carbocycles. The normalized spacial score (nSPS) is 11.6. The Hall–Kier alpha value is -0.260. The molecular formula is C24H46. The van der Waals surface area contributed by atoms with E-state index >= 15 is 0 Å². The van der Waals surface area contributed by atoms with Gasteiger partial charge in [-0.05, 0) is 25.7 Å². The highest BCUT2D eigenvalue weighted by atomic mass is 14.0. The Labute approximate surface area is 154 Å².